The first-order chi connectivity index (χ1) is 16.0. The highest BCUT2D eigenvalue weighted by atomic mass is 19.1. The van der Waals surface area contributed by atoms with Crippen molar-refractivity contribution in [2.75, 3.05) is 20.1 Å². The van der Waals surface area contributed by atoms with Crippen LogP contribution in [0.15, 0.2) is 59.9 Å². The van der Waals surface area contributed by atoms with E-state index in [1.54, 1.807) is 12.3 Å². The molecule has 2 aliphatic rings. The predicted octanol–water partition coefficient (Wildman–Crippen LogP) is 3.03. The fourth-order valence-corrected chi connectivity index (χ4v) is 4.84. The van der Waals surface area contributed by atoms with Crippen LogP contribution in [0, 0.1) is 12.7 Å². The number of aliphatic imine (C=N–C) groups is 1. The lowest BCUT2D eigenvalue weighted by atomic mass is 9.93. The maximum atomic E-state index is 14.4. The van der Waals surface area contributed by atoms with Crippen LogP contribution in [-0.4, -0.2) is 52.7 Å². The normalized spacial score (nSPS) is 19.9. The lowest BCUT2D eigenvalue weighted by Gasteiger charge is -2.21. The summed E-state index contributed by atoms with van der Waals surface area (Å²) in [4.78, 5) is 28.5. The Kier molecular flexibility index (Phi) is 5.72. The van der Waals surface area contributed by atoms with Gasteiger partial charge in [-0.3, -0.25) is 19.8 Å². The second-order valence-electron chi connectivity index (χ2n) is 8.88. The van der Waals surface area contributed by atoms with Crippen molar-refractivity contribution >= 4 is 11.6 Å². The van der Waals surface area contributed by atoms with Crippen LogP contribution in [0.1, 0.15) is 39.6 Å². The van der Waals surface area contributed by atoms with E-state index in [9.17, 15) is 9.18 Å². The van der Waals surface area contributed by atoms with Gasteiger partial charge in [-0.05, 0) is 49.4 Å². The standard InChI is InChI=1S/C26H26FN5O/c1-16-9-17(7-8-28-16)26-21-13-29-19(10-18(21)12-30-26)11-25(33)31-24-15-32(2)14-22(24)20-5-3-4-6-23(20)27/h3-10,13,22,24H,11-12,14-15H2,1-2H3,(H,31,33)/t22-,24+/m0/s1. The van der Waals surface area contributed by atoms with Crippen LogP contribution in [0.5, 0.6) is 0 Å². The number of aryl methyl sites for hydroxylation is 1. The van der Waals surface area contributed by atoms with Gasteiger partial charge in [0.25, 0.3) is 0 Å². The largest absolute Gasteiger partial charge is 0.351 e. The molecule has 0 spiro atoms. The zero-order chi connectivity index (χ0) is 22.9. The lowest BCUT2D eigenvalue weighted by molar-refractivity contribution is -0.121. The third-order valence-corrected chi connectivity index (χ3v) is 6.37. The molecule has 0 aliphatic carbocycles. The van der Waals surface area contributed by atoms with Crippen molar-refractivity contribution in [3.63, 3.8) is 0 Å². The van der Waals surface area contributed by atoms with Gasteiger partial charge in [-0.15, -0.1) is 0 Å². The average molecular weight is 444 g/mol. The minimum Gasteiger partial charge on any atom is -0.351 e. The van der Waals surface area contributed by atoms with Gasteiger partial charge in [0.15, 0.2) is 0 Å². The summed E-state index contributed by atoms with van der Waals surface area (Å²) in [6.07, 6.45) is 3.78. The molecule has 1 N–H and O–H groups in total. The first-order valence-corrected chi connectivity index (χ1v) is 11.2. The molecule has 4 heterocycles. The van der Waals surface area contributed by atoms with E-state index < -0.39 is 0 Å². The van der Waals surface area contributed by atoms with Crippen molar-refractivity contribution in [2.24, 2.45) is 4.99 Å². The van der Waals surface area contributed by atoms with Crippen molar-refractivity contribution in [2.45, 2.75) is 31.8 Å². The van der Waals surface area contributed by atoms with E-state index in [0.717, 1.165) is 28.1 Å². The molecule has 2 atom stereocenters. The molecule has 0 unspecified atom stereocenters. The molecule has 3 aromatic rings. The predicted molar refractivity (Wildman–Crippen MR) is 125 cm³/mol. The Labute approximate surface area is 192 Å². The van der Waals surface area contributed by atoms with Gasteiger partial charge in [0.2, 0.25) is 5.91 Å². The number of hydrogen-bond acceptors (Lipinski definition) is 5. The Morgan fingerprint density at radius 1 is 1.18 bits per heavy atom. The number of nitrogens with one attached hydrogen (secondary N) is 1. The molecule has 1 aromatic carbocycles. The van der Waals surface area contributed by atoms with E-state index in [-0.39, 0.29) is 30.1 Å². The molecule has 7 heteroatoms. The number of benzene rings is 1. The number of likely N-dealkylation sites (N-methyl/N-ethyl adjacent to an activating group) is 1. The van der Waals surface area contributed by atoms with Gasteiger partial charge in [-0.2, -0.15) is 0 Å². The molecule has 0 bridgehead atoms. The molecular formula is C26H26FN5O. The number of carbonyl (C=O) groups is 1. The fraction of sp³-hybridized carbons (Fsp3) is 0.308. The van der Waals surface area contributed by atoms with Crippen LogP contribution in [0.3, 0.4) is 0 Å². The van der Waals surface area contributed by atoms with Crippen molar-refractivity contribution in [1.82, 2.24) is 20.2 Å². The molecule has 2 aliphatic heterocycles. The highest BCUT2D eigenvalue weighted by Crippen LogP contribution is 2.29. The number of rotatable bonds is 5. The lowest BCUT2D eigenvalue weighted by Crippen LogP contribution is -2.40. The van der Waals surface area contributed by atoms with Crippen molar-refractivity contribution in [3.8, 4) is 0 Å². The van der Waals surface area contributed by atoms with Gasteiger partial charge in [-0.25, -0.2) is 4.39 Å². The number of fused-ring (bicyclic) bond motifs is 1. The minimum absolute atomic E-state index is 0.0760. The first kappa shape index (κ1) is 21.4. The van der Waals surface area contributed by atoms with Crippen LogP contribution < -0.4 is 5.32 Å². The van der Waals surface area contributed by atoms with E-state index in [1.807, 2.05) is 50.5 Å². The van der Waals surface area contributed by atoms with Crippen LogP contribution in [0.2, 0.25) is 0 Å². The van der Waals surface area contributed by atoms with E-state index >= 15 is 0 Å². The van der Waals surface area contributed by atoms with Gasteiger partial charge in [0, 0.05) is 54.3 Å². The molecule has 168 valence electrons. The molecule has 33 heavy (non-hydrogen) atoms. The van der Waals surface area contributed by atoms with E-state index in [1.165, 1.54) is 6.07 Å². The summed E-state index contributed by atoms with van der Waals surface area (Å²) in [7, 11) is 1.99. The summed E-state index contributed by atoms with van der Waals surface area (Å²) in [5, 5.41) is 3.12. The Balaban J connectivity index is 1.28. The van der Waals surface area contributed by atoms with E-state index in [2.05, 4.69) is 25.2 Å². The topological polar surface area (TPSA) is 70.5 Å². The third kappa shape index (κ3) is 4.41. The fourth-order valence-electron chi connectivity index (χ4n) is 4.84. The highest BCUT2D eigenvalue weighted by molar-refractivity contribution is 6.15. The molecule has 2 aromatic heterocycles. The van der Waals surface area contributed by atoms with Crippen LogP contribution in [0.4, 0.5) is 4.39 Å². The number of aromatic nitrogens is 2. The number of amides is 1. The second-order valence-corrected chi connectivity index (χ2v) is 8.88. The quantitative estimate of drug-likeness (QED) is 0.658. The van der Waals surface area contributed by atoms with Crippen molar-refractivity contribution in [1.29, 1.82) is 0 Å². The average Bonchev–Trinajstić information content (AvgIpc) is 3.37. The van der Waals surface area contributed by atoms with Gasteiger partial charge in [0.05, 0.1) is 24.4 Å². The molecule has 1 fully saturated rings. The van der Waals surface area contributed by atoms with Gasteiger partial charge in [0.1, 0.15) is 5.82 Å². The van der Waals surface area contributed by atoms with Gasteiger partial charge >= 0.3 is 0 Å². The summed E-state index contributed by atoms with van der Waals surface area (Å²) in [6.45, 7) is 3.92. The Morgan fingerprint density at radius 2 is 2.03 bits per heavy atom. The molecule has 0 saturated carbocycles. The number of hydrogen-bond donors (Lipinski definition) is 1. The SMILES string of the molecule is Cc1cc(C2=NCc3cc(CC(=O)N[C@@H]4CN(C)C[C@H]4c4ccccc4F)ncc32)ccn1. The Morgan fingerprint density at radius 3 is 2.85 bits per heavy atom. The number of pyridine rings is 2. The zero-order valence-electron chi connectivity index (χ0n) is 18.8. The molecule has 1 saturated heterocycles. The van der Waals surface area contributed by atoms with Crippen molar-refractivity contribution < 1.29 is 9.18 Å². The van der Waals surface area contributed by atoms with Gasteiger partial charge < -0.3 is 10.2 Å². The first-order valence-electron chi connectivity index (χ1n) is 11.2. The zero-order valence-corrected chi connectivity index (χ0v) is 18.8. The maximum Gasteiger partial charge on any atom is 0.226 e. The summed E-state index contributed by atoms with van der Waals surface area (Å²) < 4.78 is 14.4. The van der Waals surface area contributed by atoms with E-state index in [0.29, 0.717) is 30.9 Å². The number of halogens is 1. The number of nitrogens with zero attached hydrogens (tertiary/aromatic N) is 4. The smallest absolute Gasteiger partial charge is 0.226 e. The summed E-state index contributed by atoms with van der Waals surface area (Å²) in [6, 6.07) is 12.6. The molecular weight excluding hydrogens is 417 g/mol. The molecule has 5 rings (SSSR count). The maximum absolute atomic E-state index is 14.4. The van der Waals surface area contributed by atoms with E-state index in [4.69, 9.17) is 0 Å². The van der Waals surface area contributed by atoms with Crippen LogP contribution >= 0.6 is 0 Å². The van der Waals surface area contributed by atoms with Crippen LogP contribution in [-0.2, 0) is 17.8 Å². The van der Waals surface area contributed by atoms with Crippen molar-refractivity contribution in [3.05, 3.63) is 94.3 Å². The third-order valence-electron chi connectivity index (χ3n) is 6.37. The monoisotopic (exact) mass is 443 g/mol. The molecule has 0 radical (unpaired) electrons. The van der Waals surface area contributed by atoms with Crippen LogP contribution in [0.25, 0.3) is 0 Å². The summed E-state index contributed by atoms with van der Waals surface area (Å²) >= 11 is 0. The Hall–Kier alpha value is -3.45. The second kappa shape index (κ2) is 8.83. The molecule has 6 nitrogen and oxygen atoms in total. The van der Waals surface area contributed by atoms with Gasteiger partial charge in [-0.1, -0.05) is 18.2 Å². The Bertz CT molecular complexity index is 1240. The number of carbonyl (C=O) groups excluding carboxylic acids is 1. The molecule has 1 amide bonds. The summed E-state index contributed by atoms with van der Waals surface area (Å²) in [5.41, 5.74) is 6.32. The number of likely N-dealkylation sites (tertiary alicyclic amines) is 1. The minimum atomic E-state index is -0.225. The highest BCUT2D eigenvalue weighted by Gasteiger charge is 2.34. The summed E-state index contributed by atoms with van der Waals surface area (Å²) in [5.74, 6) is -0.404.